The van der Waals surface area contributed by atoms with Crippen LogP contribution in [0, 0.1) is 0 Å². The number of thiazole rings is 1. The fourth-order valence-electron chi connectivity index (χ4n) is 3.98. The van der Waals surface area contributed by atoms with Crippen molar-refractivity contribution in [3.05, 3.63) is 47.1 Å². The topological polar surface area (TPSA) is 71.8 Å². The van der Waals surface area contributed by atoms with Crippen LogP contribution in [-0.4, -0.2) is 49.3 Å². The third-order valence-electron chi connectivity index (χ3n) is 5.43. The fraction of sp³-hybridized carbons (Fsp3) is 0.474. The summed E-state index contributed by atoms with van der Waals surface area (Å²) in [6.07, 6.45) is 4.10. The molecule has 3 aromatic rings. The van der Waals surface area contributed by atoms with E-state index in [0.29, 0.717) is 5.92 Å². The Morgan fingerprint density at radius 1 is 1.14 bits per heavy atom. The van der Waals surface area contributed by atoms with Crippen LogP contribution >= 0.6 is 23.7 Å². The molecule has 28 heavy (non-hydrogen) atoms. The van der Waals surface area contributed by atoms with Crippen molar-refractivity contribution in [2.75, 3.05) is 19.6 Å². The highest BCUT2D eigenvalue weighted by Crippen LogP contribution is 2.29. The van der Waals surface area contributed by atoms with E-state index in [9.17, 15) is 0 Å². The maximum Gasteiger partial charge on any atom is 0.147 e. The number of hydrogen-bond acceptors (Lipinski definition) is 7. The summed E-state index contributed by atoms with van der Waals surface area (Å²) in [7, 11) is 0. The molecule has 9 heteroatoms. The third kappa shape index (κ3) is 3.96. The van der Waals surface area contributed by atoms with Gasteiger partial charge in [0.25, 0.3) is 0 Å². The summed E-state index contributed by atoms with van der Waals surface area (Å²) >= 11 is 1.68. The molecule has 1 saturated heterocycles. The molecule has 2 aliphatic rings. The van der Waals surface area contributed by atoms with Crippen LogP contribution in [-0.2, 0) is 19.6 Å². The molecular weight excluding hydrogens is 394 g/mol. The van der Waals surface area contributed by atoms with Gasteiger partial charge in [-0.3, -0.25) is 9.88 Å². The minimum Gasteiger partial charge on any atom is -0.312 e. The minimum absolute atomic E-state index is 0. The molecule has 0 amide bonds. The summed E-state index contributed by atoms with van der Waals surface area (Å²) in [4.78, 5) is 11.7. The van der Waals surface area contributed by atoms with Gasteiger partial charge >= 0.3 is 0 Å². The van der Waals surface area contributed by atoms with Gasteiger partial charge in [0.15, 0.2) is 0 Å². The van der Waals surface area contributed by atoms with E-state index in [-0.39, 0.29) is 12.4 Å². The number of rotatable bonds is 4. The lowest BCUT2D eigenvalue weighted by Gasteiger charge is -2.31. The molecular formula is C19H24ClN7S. The highest BCUT2D eigenvalue weighted by molar-refractivity contribution is 7.13. The second-order valence-electron chi connectivity index (χ2n) is 7.21. The number of likely N-dealkylation sites (tertiary alicyclic amines) is 1. The Morgan fingerprint density at radius 2 is 2.04 bits per heavy atom. The van der Waals surface area contributed by atoms with Gasteiger partial charge in [-0.05, 0) is 38.1 Å². The van der Waals surface area contributed by atoms with E-state index in [0.717, 1.165) is 74.3 Å². The Balaban J connectivity index is 0.00000192. The standard InChI is InChI=1S/C19H23N7S.ClH/c1-2-6-21-16(3-1)19-22-15(13-27-19)12-25-8-4-14(5-9-25)18-24-23-17-11-20-7-10-26(17)18;/h1-3,6,13-14,20H,4-5,7-12H2;1H. The quantitative estimate of drug-likeness (QED) is 0.703. The molecule has 0 saturated carbocycles. The van der Waals surface area contributed by atoms with E-state index in [4.69, 9.17) is 4.98 Å². The van der Waals surface area contributed by atoms with Crippen LogP contribution in [0.1, 0.15) is 36.1 Å². The normalized spacial score (nSPS) is 17.9. The largest absolute Gasteiger partial charge is 0.312 e. The van der Waals surface area contributed by atoms with Crippen molar-refractivity contribution in [3.8, 4) is 10.7 Å². The predicted octanol–water partition coefficient (Wildman–Crippen LogP) is 2.70. The number of aromatic nitrogens is 5. The van der Waals surface area contributed by atoms with Crippen LogP contribution in [0.5, 0.6) is 0 Å². The van der Waals surface area contributed by atoms with E-state index in [1.165, 1.54) is 5.82 Å². The SMILES string of the molecule is Cl.c1ccc(-c2nc(CN3CCC(c4nnc5n4CCNC5)CC3)cs2)nc1. The molecule has 0 bridgehead atoms. The first-order valence-corrected chi connectivity index (χ1v) is 10.5. The summed E-state index contributed by atoms with van der Waals surface area (Å²) in [5.41, 5.74) is 2.10. The Kier molecular flexibility index (Phi) is 6.01. The summed E-state index contributed by atoms with van der Waals surface area (Å²) in [5.74, 6) is 2.81. The van der Waals surface area contributed by atoms with Crippen molar-refractivity contribution in [2.24, 2.45) is 0 Å². The molecule has 5 heterocycles. The zero-order chi connectivity index (χ0) is 18.1. The monoisotopic (exact) mass is 417 g/mol. The average Bonchev–Trinajstić information content (AvgIpc) is 3.37. The van der Waals surface area contributed by atoms with Crippen LogP contribution < -0.4 is 5.32 Å². The van der Waals surface area contributed by atoms with E-state index in [1.54, 1.807) is 11.3 Å². The van der Waals surface area contributed by atoms with Crippen LogP contribution in [0.2, 0.25) is 0 Å². The maximum atomic E-state index is 4.78. The Labute approximate surface area is 174 Å². The number of nitrogens with zero attached hydrogens (tertiary/aromatic N) is 6. The molecule has 1 N–H and O–H groups in total. The highest BCUT2D eigenvalue weighted by Gasteiger charge is 2.27. The molecule has 7 nitrogen and oxygen atoms in total. The zero-order valence-electron chi connectivity index (χ0n) is 15.6. The van der Waals surface area contributed by atoms with Gasteiger partial charge in [-0.25, -0.2) is 4.98 Å². The number of hydrogen-bond donors (Lipinski definition) is 1. The zero-order valence-corrected chi connectivity index (χ0v) is 17.3. The smallest absolute Gasteiger partial charge is 0.147 e. The lowest BCUT2D eigenvalue weighted by Crippen LogP contribution is -2.34. The molecule has 0 unspecified atom stereocenters. The first-order valence-electron chi connectivity index (χ1n) is 9.57. The lowest BCUT2D eigenvalue weighted by molar-refractivity contribution is 0.198. The first kappa shape index (κ1) is 19.4. The fourth-order valence-corrected chi connectivity index (χ4v) is 4.77. The van der Waals surface area contributed by atoms with Crippen molar-refractivity contribution in [2.45, 2.75) is 38.4 Å². The van der Waals surface area contributed by atoms with Gasteiger partial charge in [0.05, 0.1) is 17.9 Å². The number of halogens is 1. The van der Waals surface area contributed by atoms with Gasteiger partial charge < -0.3 is 9.88 Å². The van der Waals surface area contributed by atoms with Gasteiger partial charge in [0.2, 0.25) is 0 Å². The third-order valence-corrected chi connectivity index (χ3v) is 6.34. The summed E-state index contributed by atoms with van der Waals surface area (Å²) in [6.45, 7) is 5.93. The second kappa shape index (κ2) is 8.65. The molecule has 0 spiro atoms. The van der Waals surface area contributed by atoms with Crippen LogP contribution in [0.25, 0.3) is 10.7 Å². The average molecular weight is 418 g/mol. The summed E-state index contributed by atoms with van der Waals surface area (Å²) in [5, 5.41) is 15.4. The van der Waals surface area contributed by atoms with Crippen molar-refractivity contribution in [3.63, 3.8) is 0 Å². The van der Waals surface area contributed by atoms with E-state index in [1.807, 2.05) is 24.4 Å². The number of piperidine rings is 1. The lowest BCUT2D eigenvalue weighted by atomic mass is 9.95. The van der Waals surface area contributed by atoms with Crippen LogP contribution in [0.3, 0.4) is 0 Å². The minimum atomic E-state index is 0. The van der Waals surface area contributed by atoms with E-state index < -0.39 is 0 Å². The van der Waals surface area contributed by atoms with Crippen molar-refractivity contribution >= 4 is 23.7 Å². The number of fused-ring (bicyclic) bond motifs is 1. The summed E-state index contributed by atoms with van der Waals surface area (Å²) in [6, 6.07) is 5.96. The second-order valence-corrected chi connectivity index (χ2v) is 8.07. The first-order chi connectivity index (χ1) is 13.4. The molecule has 148 valence electrons. The van der Waals surface area contributed by atoms with Crippen molar-refractivity contribution < 1.29 is 0 Å². The Morgan fingerprint density at radius 3 is 2.86 bits per heavy atom. The van der Waals surface area contributed by atoms with Crippen LogP contribution in [0.15, 0.2) is 29.8 Å². The highest BCUT2D eigenvalue weighted by atomic mass is 35.5. The molecule has 3 aromatic heterocycles. The van der Waals surface area contributed by atoms with E-state index in [2.05, 4.69) is 35.3 Å². The van der Waals surface area contributed by atoms with Crippen LogP contribution in [0.4, 0.5) is 0 Å². The molecule has 1 fully saturated rings. The van der Waals surface area contributed by atoms with Gasteiger partial charge in [0.1, 0.15) is 16.7 Å². The Bertz CT molecular complexity index is 902. The van der Waals surface area contributed by atoms with Crippen molar-refractivity contribution in [1.29, 1.82) is 0 Å². The number of pyridine rings is 1. The van der Waals surface area contributed by atoms with Crippen molar-refractivity contribution in [1.82, 2.24) is 34.9 Å². The molecule has 2 aliphatic heterocycles. The van der Waals surface area contributed by atoms with Gasteiger partial charge in [-0.15, -0.1) is 33.9 Å². The Hall–Kier alpha value is -1.87. The van der Waals surface area contributed by atoms with Gasteiger partial charge in [-0.1, -0.05) is 6.07 Å². The van der Waals surface area contributed by atoms with Gasteiger partial charge in [-0.2, -0.15) is 0 Å². The molecule has 0 radical (unpaired) electrons. The molecule has 0 aromatic carbocycles. The maximum absolute atomic E-state index is 4.78. The molecule has 5 rings (SSSR count). The number of nitrogens with one attached hydrogen (secondary N) is 1. The summed E-state index contributed by atoms with van der Waals surface area (Å²) < 4.78 is 2.33. The van der Waals surface area contributed by atoms with Gasteiger partial charge in [0, 0.05) is 37.1 Å². The molecule has 0 atom stereocenters. The van der Waals surface area contributed by atoms with E-state index >= 15 is 0 Å². The molecule has 0 aliphatic carbocycles. The predicted molar refractivity (Wildman–Crippen MR) is 112 cm³/mol.